The van der Waals surface area contributed by atoms with Crippen LogP contribution in [0.25, 0.3) is 0 Å². The second-order valence-corrected chi connectivity index (χ2v) is 3.71. The van der Waals surface area contributed by atoms with E-state index in [0.29, 0.717) is 13.1 Å². The normalized spacial score (nSPS) is 10.2. The third-order valence-corrected chi connectivity index (χ3v) is 2.52. The minimum absolute atomic E-state index is 0.264. The van der Waals surface area contributed by atoms with Crippen LogP contribution in [0.5, 0.6) is 0 Å². The Kier molecular flexibility index (Phi) is 3.67. The van der Waals surface area contributed by atoms with Gasteiger partial charge in [0.25, 0.3) is 0 Å². The van der Waals surface area contributed by atoms with Crippen LogP contribution in [-0.2, 0) is 13.1 Å². The number of halogens is 1. The highest BCUT2D eigenvalue weighted by Gasteiger charge is 2.02. The molecule has 0 saturated heterocycles. The minimum atomic E-state index is -0.264. The number of nitrogens with two attached hydrogens (primary N) is 1. The lowest BCUT2D eigenvalue weighted by molar-refractivity contribution is 0.625. The second kappa shape index (κ2) is 5.41. The molecule has 1 aromatic carbocycles. The van der Waals surface area contributed by atoms with Crippen LogP contribution < -0.4 is 11.1 Å². The molecule has 0 aliphatic carbocycles. The van der Waals surface area contributed by atoms with Crippen LogP contribution in [0.1, 0.15) is 11.1 Å². The predicted molar refractivity (Wildman–Crippen MR) is 65.9 cm³/mol. The monoisotopic (exact) mass is 231 g/mol. The van der Waals surface area contributed by atoms with Crippen molar-refractivity contribution in [2.24, 2.45) is 5.73 Å². The Bertz CT molecular complexity index is 485. The van der Waals surface area contributed by atoms with Crippen molar-refractivity contribution >= 4 is 5.69 Å². The Balaban J connectivity index is 2.09. The van der Waals surface area contributed by atoms with Gasteiger partial charge < -0.3 is 11.1 Å². The number of pyridine rings is 1. The van der Waals surface area contributed by atoms with Crippen LogP contribution >= 0.6 is 0 Å². The topological polar surface area (TPSA) is 50.9 Å². The molecule has 0 atom stereocenters. The van der Waals surface area contributed by atoms with E-state index >= 15 is 0 Å². The van der Waals surface area contributed by atoms with Crippen LogP contribution in [-0.4, -0.2) is 4.98 Å². The number of anilines is 1. The van der Waals surface area contributed by atoms with Gasteiger partial charge in [-0.05, 0) is 41.5 Å². The van der Waals surface area contributed by atoms with Gasteiger partial charge in [0.05, 0.1) is 0 Å². The Morgan fingerprint density at radius 1 is 1.18 bits per heavy atom. The summed E-state index contributed by atoms with van der Waals surface area (Å²) < 4.78 is 13.0. The average molecular weight is 231 g/mol. The number of hydrogen-bond donors (Lipinski definition) is 2. The van der Waals surface area contributed by atoms with Crippen LogP contribution in [0, 0.1) is 5.82 Å². The molecule has 0 amide bonds. The SMILES string of the molecule is NCc1cc(F)ccc1NCc1ccncc1. The summed E-state index contributed by atoms with van der Waals surface area (Å²) in [6.07, 6.45) is 3.48. The minimum Gasteiger partial charge on any atom is -0.381 e. The average Bonchev–Trinajstić information content (AvgIpc) is 2.38. The first-order chi connectivity index (χ1) is 8.29. The standard InChI is InChI=1S/C13H14FN3/c14-12-1-2-13(11(7-12)8-15)17-9-10-3-5-16-6-4-10/h1-7,17H,8-9,15H2. The fourth-order valence-electron chi connectivity index (χ4n) is 1.60. The van der Waals surface area contributed by atoms with Crippen molar-refractivity contribution in [2.75, 3.05) is 5.32 Å². The van der Waals surface area contributed by atoms with Crippen LogP contribution in [0.3, 0.4) is 0 Å². The van der Waals surface area contributed by atoms with Gasteiger partial charge in [-0.1, -0.05) is 0 Å². The van der Waals surface area contributed by atoms with E-state index in [-0.39, 0.29) is 5.82 Å². The molecule has 0 bridgehead atoms. The van der Waals surface area contributed by atoms with E-state index in [4.69, 9.17) is 5.73 Å². The molecule has 0 aliphatic rings. The highest BCUT2D eigenvalue weighted by atomic mass is 19.1. The molecule has 17 heavy (non-hydrogen) atoms. The first-order valence-corrected chi connectivity index (χ1v) is 5.41. The third-order valence-electron chi connectivity index (χ3n) is 2.52. The first kappa shape index (κ1) is 11.5. The lowest BCUT2D eigenvalue weighted by atomic mass is 10.1. The molecule has 2 rings (SSSR count). The summed E-state index contributed by atoms with van der Waals surface area (Å²) in [4.78, 5) is 3.95. The Morgan fingerprint density at radius 2 is 1.94 bits per heavy atom. The van der Waals surface area contributed by atoms with E-state index in [1.165, 1.54) is 12.1 Å². The second-order valence-electron chi connectivity index (χ2n) is 3.71. The molecule has 3 N–H and O–H groups in total. The highest BCUT2D eigenvalue weighted by molar-refractivity contribution is 5.51. The van der Waals surface area contributed by atoms with Crippen molar-refractivity contribution < 1.29 is 4.39 Å². The van der Waals surface area contributed by atoms with Crippen molar-refractivity contribution in [3.05, 3.63) is 59.7 Å². The number of nitrogens with zero attached hydrogens (tertiary/aromatic N) is 1. The maximum Gasteiger partial charge on any atom is 0.123 e. The van der Waals surface area contributed by atoms with Gasteiger partial charge in [-0.25, -0.2) is 4.39 Å². The van der Waals surface area contributed by atoms with E-state index in [2.05, 4.69) is 10.3 Å². The van der Waals surface area contributed by atoms with Crippen molar-refractivity contribution in [2.45, 2.75) is 13.1 Å². The van der Waals surface area contributed by atoms with E-state index in [9.17, 15) is 4.39 Å². The maximum atomic E-state index is 13.0. The lowest BCUT2D eigenvalue weighted by Gasteiger charge is -2.10. The molecule has 0 aliphatic heterocycles. The molecule has 1 aromatic heterocycles. The Hall–Kier alpha value is -1.94. The molecule has 4 heteroatoms. The molecule has 88 valence electrons. The van der Waals surface area contributed by atoms with Crippen LogP contribution in [0.4, 0.5) is 10.1 Å². The van der Waals surface area contributed by atoms with Gasteiger partial charge in [0.1, 0.15) is 5.82 Å². The van der Waals surface area contributed by atoms with Gasteiger partial charge in [-0.2, -0.15) is 0 Å². The molecule has 1 heterocycles. The molecule has 3 nitrogen and oxygen atoms in total. The number of aromatic nitrogens is 1. The number of rotatable bonds is 4. The van der Waals surface area contributed by atoms with Crippen LogP contribution in [0.15, 0.2) is 42.7 Å². The molecular formula is C13H14FN3. The summed E-state index contributed by atoms with van der Waals surface area (Å²) in [5.74, 6) is -0.264. The van der Waals surface area contributed by atoms with E-state index in [1.54, 1.807) is 18.5 Å². The van der Waals surface area contributed by atoms with Gasteiger partial charge >= 0.3 is 0 Å². The number of benzene rings is 1. The van der Waals surface area contributed by atoms with Gasteiger partial charge in [0.15, 0.2) is 0 Å². The van der Waals surface area contributed by atoms with E-state index in [1.807, 2.05) is 12.1 Å². The summed E-state index contributed by atoms with van der Waals surface area (Å²) in [6.45, 7) is 0.984. The zero-order chi connectivity index (χ0) is 12.1. The molecule has 2 aromatic rings. The summed E-state index contributed by atoms with van der Waals surface area (Å²) in [6, 6.07) is 8.44. The van der Waals surface area contributed by atoms with Crippen molar-refractivity contribution in [1.82, 2.24) is 4.98 Å². The van der Waals surface area contributed by atoms with Crippen molar-refractivity contribution in [1.29, 1.82) is 0 Å². The van der Waals surface area contributed by atoms with Gasteiger partial charge in [-0.15, -0.1) is 0 Å². The van der Waals surface area contributed by atoms with Crippen molar-refractivity contribution in [3.63, 3.8) is 0 Å². The quantitative estimate of drug-likeness (QED) is 0.848. The highest BCUT2D eigenvalue weighted by Crippen LogP contribution is 2.17. The summed E-state index contributed by atoms with van der Waals surface area (Å²) in [5, 5.41) is 3.23. The third kappa shape index (κ3) is 3.01. The fraction of sp³-hybridized carbons (Fsp3) is 0.154. The summed E-state index contributed by atoms with van der Waals surface area (Å²) in [7, 11) is 0. The van der Waals surface area contributed by atoms with Crippen molar-refractivity contribution in [3.8, 4) is 0 Å². The molecule has 0 fully saturated rings. The smallest absolute Gasteiger partial charge is 0.123 e. The molecule has 0 saturated carbocycles. The summed E-state index contributed by atoms with van der Waals surface area (Å²) in [5.41, 5.74) is 8.33. The fourth-order valence-corrected chi connectivity index (χ4v) is 1.60. The van der Waals surface area contributed by atoms with Gasteiger partial charge in [0, 0.05) is 31.2 Å². The number of hydrogen-bond acceptors (Lipinski definition) is 3. The Morgan fingerprint density at radius 3 is 2.65 bits per heavy atom. The molecular weight excluding hydrogens is 217 g/mol. The maximum absolute atomic E-state index is 13.0. The zero-order valence-electron chi connectivity index (χ0n) is 9.36. The lowest BCUT2D eigenvalue weighted by Crippen LogP contribution is -2.06. The first-order valence-electron chi connectivity index (χ1n) is 5.41. The zero-order valence-corrected chi connectivity index (χ0v) is 9.36. The van der Waals surface area contributed by atoms with E-state index < -0.39 is 0 Å². The molecule has 0 radical (unpaired) electrons. The molecule has 0 unspecified atom stereocenters. The van der Waals surface area contributed by atoms with Gasteiger partial charge in [-0.3, -0.25) is 4.98 Å². The van der Waals surface area contributed by atoms with Gasteiger partial charge in [0.2, 0.25) is 0 Å². The number of nitrogens with one attached hydrogen (secondary N) is 1. The largest absolute Gasteiger partial charge is 0.381 e. The Labute approximate surface area is 99.5 Å². The van der Waals surface area contributed by atoms with E-state index in [0.717, 1.165) is 16.8 Å². The predicted octanol–water partition coefficient (Wildman–Crippen LogP) is 2.29. The molecule has 0 spiro atoms. The van der Waals surface area contributed by atoms with Crippen LogP contribution in [0.2, 0.25) is 0 Å². The summed E-state index contributed by atoms with van der Waals surface area (Å²) >= 11 is 0.